The molecule has 0 aromatic carbocycles. The summed E-state index contributed by atoms with van der Waals surface area (Å²) in [5.41, 5.74) is 0.365. The van der Waals surface area contributed by atoms with Gasteiger partial charge in [-0.1, -0.05) is 0 Å². The molecule has 3 heterocycles. The minimum atomic E-state index is -0.952. The van der Waals surface area contributed by atoms with Crippen molar-refractivity contribution in [2.45, 2.75) is 18.9 Å². The second kappa shape index (κ2) is 4.48. The molecule has 0 bridgehead atoms. The van der Waals surface area contributed by atoms with Crippen LogP contribution in [0.4, 0.5) is 0 Å². The number of nitrogens with one attached hydrogen (secondary N) is 1. The van der Waals surface area contributed by atoms with Crippen molar-refractivity contribution in [2.75, 3.05) is 0 Å². The quantitative estimate of drug-likeness (QED) is 0.740. The predicted molar refractivity (Wildman–Crippen MR) is 68.6 cm³/mol. The first-order valence-electron chi connectivity index (χ1n) is 5.86. The zero-order valence-corrected chi connectivity index (χ0v) is 11.6. The molecule has 4 amide bonds. The molecule has 1 aromatic rings. The third-order valence-corrected chi connectivity index (χ3v) is 3.90. The summed E-state index contributed by atoms with van der Waals surface area (Å²) in [6.45, 7) is 0. The average Bonchev–Trinajstić information content (AvgIpc) is 2.64. The van der Waals surface area contributed by atoms with Gasteiger partial charge in [-0.3, -0.25) is 34.4 Å². The van der Waals surface area contributed by atoms with Crippen LogP contribution < -0.4 is 5.32 Å². The summed E-state index contributed by atoms with van der Waals surface area (Å²) in [4.78, 5) is 52.3. The number of piperidine rings is 1. The van der Waals surface area contributed by atoms with E-state index in [1.807, 2.05) is 0 Å². The van der Waals surface area contributed by atoms with Crippen LogP contribution in [-0.2, 0) is 9.59 Å². The Morgan fingerprint density at radius 2 is 1.95 bits per heavy atom. The summed E-state index contributed by atoms with van der Waals surface area (Å²) in [5.74, 6) is -2.13. The van der Waals surface area contributed by atoms with Crippen molar-refractivity contribution in [1.29, 1.82) is 0 Å². The van der Waals surface area contributed by atoms with Gasteiger partial charge in [0.25, 0.3) is 11.8 Å². The Hall–Kier alpha value is -2.09. The predicted octanol–water partition coefficient (Wildman–Crippen LogP) is 0.245. The Morgan fingerprint density at radius 1 is 1.20 bits per heavy atom. The number of hydrogen-bond donors (Lipinski definition) is 1. The van der Waals surface area contributed by atoms with E-state index >= 15 is 0 Å². The Morgan fingerprint density at radius 3 is 2.60 bits per heavy atom. The highest BCUT2D eigenvalue weighted by atomic mass is 79.9. The lowest BCUT2D eigenvalue weighted by atomic mass is 10.0. The first kappa shape index (κ1) is 12.9. The van der Waals surface area contributed by atoms with E-state index < -0.39 is 29.7 Å². The third kappa shape index (κ3) is 1.75. The summed E-state index contributed by atoms with van der Waals surface area (Å²) in [6.07, 6.45) is 2.95. The zero-order valence-electron chi connectivity index (χ0n) is 10.1. The molecule has 7 nitrogen and oxygen atoms in total. The van der Waals surface area contributed by atoms with Crippen LogP contribution in [0.15, 0.2) is 16.9 Å². The van der Waals surface area contributed by atoms with Gasteiger partial charge in [-0.05, 0) is 22.4 Å². The number of amides is 4. The van der Waals surface area contributed by atoms with Crippen molar-refractivity contribution < 1.29 is 19.2 Å². The first-order valence-corrected chi connectivity index (χ1v) is 6.65. The number of halogens is 1. The molecule has 0 aliphatic carbocycles. The molecule has 20 heavy (non-hydrogen) atoms. The number of pyridine rings is 1. The van der Waals surface area contributed by atoms with E-state index in [4.69, 9.17) is 0 Å². The number of carbonyl (C=O) groups excluding carboxylic acids is 4. The van der Waals surface area contributed by atoms with Gasteiger partial charge in [0.1, 0.15) is 6.04 Å². The van der Waals surface area contributed by atoms with Crippen LogP contribution in [0.1, 0.15) is 33.6 Å². The van der Waals surface area contributed by atoms with Crippen LogP contribution in [0.5, 0.6) is 0 Å². The number of hydrogen-bond acceptors (Lipinski definition) is 5. The molecular weight excluding hydrogens is 330 g/mol. The van der Waals surface area contributed by atoms with Crippen LogP contribution in [0.3, 0.4) is 0 Å². The van der Waals surface area contributed by atoms with Gasteiger partial charge in [0.05, 0.1) is 11.1 Å². The molecule has 0 spiro atoms. The van der Waals surface area contributed by atoms with Gasteiger partial charge >= 0.3 is 0 Å². The molecule has 0 radical (unpaired) electrons. The van der Waals surface area contributed by atoms with Gasteiger partial charge in [0.2, 0.25) is 11.8 Å². The van der Waals surface area contributed by atoms with Gasteiger partial charge in [-0.25, -0.2) is 0 Å². The Bertz CT molecular complexity index is 673. The van der Waals surface area contributed by atoms with Crippen molar-refractivity contribution in [3.63, 3.8) is 0 Å². The van der Waals surface area contributed by atoms with E-state index in [0.717, 1.165) is 4.90 Å². The molecule has 1 saturated heterocycles. The van der Waals surface area contributed by atoms with E-state index in [1.165, 1.54) is 12.4 Å². The van der Waals surface area contributed by atoms with Gasteiger partial charge < -0.3 is 0 Å². The first-order chi connectivity index (χ1) is 9.50. The zero-order chi connectivity index (χ0) is 14.4. The van der Waals surface area contributed by atoms with Crippen molar-refractivity contribution in [1.82, 2.24) is 15.2 Å². The number of rotatable bonds is 1. The van der Waals surface area contributed by atoms with Crippen LogP contribution in [-0.4, -0.2) is 39.6 Å². The Labute approximate surface area is 121 Å². The average molecular weight is 338 g/mol. The van der Waals surface area contributed by atoms with Crippen molar-refractivity contribution in [3.05, 3.63) is 28.0 Å². The molecule has 1 N–H and O–H groups in total. The molecule has 102 valence electrons. The van der Waals surface area contributed by atoms with E-state index in [9.17, 15) is 19.2 Å². The van der Waals surface area contributed by atoms with E-state index in [1.54, 1.807) is 0 Å². The molecule has 1 unspecified atom stereocenters. The molecule has 3 rings (SSSR count). The second-order valence-corrected chi connectivity index (χ2v) is 5.35. The normalized spacial score (nSPS) is 22.1. The molecule has 8 heteroatoms. The molecule has 1 fully saturated rings. The maximum Gasteiger partial charge on any atom is 0.263 e. The monoisotopic (exact) mass is 337 g/mol. The second-order valence-electron chi connectivity index (χ2n) is 4.49. The fourth-order valence-corrected chi connectivity index (χ4v) is 2.87. The van der Waals surface area contributed by atoms with Crippen LogP contribution in [0.25, 0.3) is 0 Å². The van der Waals surface area contributed by atoms with Crippen molar-refractivity contribution in [2.24, 2.45) is 0 Å². The molecular formula is C12H8BrN3O4. The van der Waals surface area contributed by atoms with Crippen LogP contribution in [0.2, 0.25) is 0 Å². The molecule has 2 aliphatic rings. The van der Waals surface area contributed by atoms with Gasteiger partial charge in [-0.15, -0.1) is 0 Å². The van der Waals surface area contributed by atoms with Gasteiger partial charge in [0.15, 0.2) is 0 Å². The lowest BCUT2D eigenvalue weighted by molar-refractivity contribution is -0.136. The lowest BCUT2D eigenvalue weighted by Gasteiger charge is -2.27. The summed E-state index contributed by atoms with van der Waals surface area (Å²) in [7, 11) is 0. The highest BCUT2D eigenvalue weighted by Crippen LogP contribution is 2.31. The van der Waals surface area contributed by atoms with Crippen LogP contribution >= 0.6 is 15.9 Å². The highest BCUT2D eigenvalue weighted by Gasteiger charge is 2.45. The smallest absolute Gasteiger partial charge is 0.263 e. The standard InChI is InChI=1S/C12H8BrN3O4/c13-6-4-14-3-5-9(6)12(20)16(11(5)19)7-1-2-8(17)15-10(7)18/h3-4,7H,1-2H2,(H,15,17,18). The van der Waals surface area contributed by atoms with Crippen molar-refractivity contribution in [3.8, 4) is 0 Å². The maximum absolute atomic E-state index is 12.3. The number of imide groups is 2. The number of aromatic nitrogens is 1. The van der Waals surface area contributed by atoms with Gasteiger partial charge in [-0.2, -0.15) is 0 Å². The summed E-state index contributed by atoms with van der Waals surface area (Å²) < 4.78 is 0.406. The summed E-state index contributed by atoms with van der Waals surface area (Å²) in [6, 6.07) is -0.952. The molecule has 1 atom stereocenters. The SMILES string of the molecule is O=C1CCC(N2C(=O)c3cncc(Br)c3C2=O)C(=O)N1. The Balaban J connectivity index is 2.00. The fraction of sp³-hybridized carbons (Fsp3) is 0.250. The number of fused-ring (bicyclic) bond motifs is 1. The number of carbonyl (C=O) groups is 4. The van der Waals surface area contributed by atoms with Gasteiger partial charge in [0, 0.05) is 23.3 Å². The van der Waals surface area contributed by atoms with Crippen LogP contribution in [0, 0.1) is 0 Å². The number of nitrogens with zero attached hydrogens (tertiary/aromatic N) is 2. The molecule has 1 aromatic heterocycles. The van der Waals surface area contributed by atoms with E-state index in [-0.39, 0.29) is 24.0 Å². The summed E-state index contributed by atoms with van der Waals surface area (Å²) in [5, 5.41) is 2.14. The maximum atomic E-state index is 12.3. The lowest BCUT2D eigenvalue weighted by Crippen LogP contribution is -2.54. The largest absolute Gasteiger partial charge is 0.295 e. The fourth-order valence-electron chi connectivity index (χ4n) is 2.37. The van der Waals surface area contributed by atoms with Crippen molar-refractivity contribution >= 4 is 39.6 Å². The topological polar surface area (TPSA) is 96.4 Å². The van der Waals surface area contributed by atoms with E-state index in [2.05, 4.69) is 26.2 Å². The van der Waals surface area contributed by atoms with E-state index in [0.29, 0.717) is 4.47 Å². The molecule has 0 saturated carbocycles. The minimum Gasteiger partial charge on any atom is -0.295 e. The Kier molecular flexibility index (Phi) is 2.89. The third-order valence-electron chi connectivity index (χ3n) is 3.30. The molecule has 2 aliphatic heterocycles. The summed E-state index contributed by atoms with van der Waals surface area (Å²) >= 11 is 3.17. The minimum absolute atomic E-state index is 0.100. The highest BCUT2D eigenvalue weighted by molar-refractivity contribution is 9.10.